The highest BCUT2D eigenvalue weighted by atomic mass is 19.2. The van der Waals surface area contributed by atoms with E-state index in [2.05, 4.69) is 0 Å². The third-order valence-corrected chi connectivity index (χ3v) is 3.55. The number of aliphatic hydroxyl groups excluding tert-OH is 1. The summed E-state index contributed by atoms with van der Waals surface area (Å²) in [4.78, 5) is 0. The quantitative estimate of drug-likeness (QED) is 0.915. The molecule has 2 rings (SSSR count). The third kappa shape index (κ3) is 2.78. The van der Waals surface area contributed by atoms with Gasteiger partial charge in [-0.15, -0.1) is 0 Å². The second kappa shape index (κ2) is 5.94. The van der Waals surface area contributed by atoms with E-state index in [1.165, 1.54) is 12.1 Å². The van der Waals surface area contributed by atoms with Gasteiger partial charge in [-0.2, -0.15) is 0 Å². The van der Waals surface area contributed by atoms with E-state index in [1.54, 1.807) is 0 Å². The van der Waals surface area contributed by atoms with E-state index < -0.39 is 23.3 Å². The van der Waals surface area contributed by atoms with Crippen LogP contribution >= 0.6 is 0 Å². The van der Waals surface area contributed by atoms with Gasteiger partial charge in [0.2, 0.25) is 0 Å². The minimum atomic E-state index is -1.20. The van der Waals surface area contributed by atoms with E-state index in [9.17, 15) is 13.9 Å². The molecule has 0 bridgehead atoms. The van der Waals surface area contributed by atoms with E-state index >= 15 is 0 Å². The Morgan fingerprint density at radius 1 is 1.37 bits per heavy atom. The monoisotopic (exact) mass is 272 g/mol. The Morgan fingerprint density at radius 3 is 2.68 bits per heavy atom. The van der Waals surface area contributed by atoms with Gasteiger partial charge in [-0.3, -0.25) is 0 Å². The summed E-state index contributed by atoms with van der Waals surface area (Å²) in [5.41, 5.74) is -0.961. The topological polar surface area (TPSA) is 38.7 Å². The molecule has 0 aromatic heterocycles. The Bertz CT molecular complexity index is 425. The Morgan fingerprint density at radius 2 is 2.05 bits per heavy atom. The fourth-order valence-electron chi connectivity index (χ4n) is 2.52. The lowest BCUT2D eigenvalue weighted by Crippen LogP contribution is -2.45. The van der Waals surface area contributed by atoms with Crippen molar-refractivity contribution in [2.24, 2.45) is 0 Å². The third-order valence-electron chi connectivity index (χ3n) is 3.55. The lowest BCUT2D eigenvalue weighted by atomic mass is 9.84. The van der Waals surface area contributed by atoms with E-state index in [0.29, 0.717) is 32.7 Å². The summed E-state index contributed by atoms with van der Waals surface area (Å²) < 4.78 is 38.0. The average molecular weight is 272 g/mol. The minimum absolute atomic E-state index is 0.0599. The predicted octanol–water partition coefficient (Wildman–Crippen LogP) is 2.58. The SMILES string of the molecule is CCOC1(C(O)c2cccc(F)c2F)CCOCC1. The van der Waals surface area contributed by atoms with Crippen molar-refractivity contribution in [2.45, 2.75) is 31.5 Å². The molecule has 1 aliphatic heterocycles. The van der Waals surface area contributed by atoms with Crippen molar-refractivity contribution < 1.29 is 23.4 Å². The number of halogens is 2. The van der Waals surface area contributed by atoms with Gasteiger partial charge in [0.15, 0.2) is 11.6 Å². The first-order chi connectivity index (χ1) is 9.10. The average Bonchev–Trinajstić information content (AvgIpc) is 2.42. The van der Waals surface area contributed by atoms with Gasteiger partial charge >= 0.3 is 0 Å². The minimum Gasteiger partial charge on any atom is -0.385 e. The predicted molar refractivity (Wildman–Crippen MR) is 65.7 cm³/mol. The molecule has 106 valence electrons. The first-order valence-corrected chi connectivity index (χ1v) is 6.44. The van der Waals surface area contributed by atoms with Gasteiger partial charge in [-0.25, -0.2) is 8.78 Å². The Hall–Kier alpha value is -1.04. The maximum absolute atomic E-state index is 13.8. The number of benzene rings is 1. The fraction of sp³-hybridized carbons (Fsp3) is 0.571. The molecule has 0 saturated carbocycles. The molecule has 1 aromatic carbocycles. The molecule has 1 heterocycles. The standard InChI is InChI=1S/C14H18F2O3/c1-2-19-14(6-8-18-9-7-14)13(17)10-4-3-5-11(15)12(10)16/h3-5,13,17H,2,6-9H2,1H3. The van der Waals surface area contributed by atoms with E-state index in [-0.39, 0.29) is 5.56 Å². The van der Waals surface area contributed by atoms with Crippen molar-refractivity contribution in [3.63, 3.8) is 0 Å². The van der Waals surface area contributed by atoms with Crippen molar-refractivity contribution in [1.82, 2.24) is 0 Å². The second-order valence-corrected chi connectivity index (χ2v) is 4.66. The molecular weight excluding hydrogens is 254 g/mol. The van der Waals surface area contributed by atoms with Crippen LogP contribution in [0.1, 0.15) is 31.4 Å². The van der Waals surface area contributed by atoms with Gasteiger partial charge in [0.25, 0.3) is 0 Å². The summed E-state index contributed by atoms with van der Waals surface area (Å²) in [5.74, 6) is -1.98. The van der Waals surface area contributed by atoms with Crippen molar-refractivity contribution in [2.75, 3.05) is 19.8 Å². The maximum atomic E-state index is 13.8. The number of ether oxygens (including phenoxy) is 2. The molecule has 3 nitrogen and oxygen atoms in total. The van der Waals surface area contributed by atoms with E-state index in [1.807, 2.05) is 6.92 Å². The smallest absolute Gasteiger partial charge is 0.164 e. The summed E-state index contributed by atoms with van der Waals surface area (Å²) >= 11 is 0. The van der Waals surface area contributed by atoms with Crippen LogP contribution in [0.25, 0.3) is 0 Å². The highest BCUT2D eigenvalue weighted by molar-refractivity contribution is 5.24. The highest BCUT2D eigenvalue weighted by Crippen LogP contribution is 2.38. The molecule has 0 aliphatic carbocycles. The molecular formula is C14H18F2O3. The van der Waals surface area contributed by atoms with Crippen molar-refractivity contribution in [3.05, 3.63) is 35.4 Å². The molecule has 1 aliphatic rings. The van der Waals surface area contributed by atoms with Crippen LogP contribution in [0.15, 0.2) is 18.2 Å². The van der Waals surface area contributed by atoms with Crippen LogP contribution in [0.2, 0.25) is 0 Å². The summed E-state index contributed by atoms with van der Waals surface area (Å²) in [5, 5.41) is 10.4. The summed E-state index contributed by atoms with van der Waals surface area (Å²) in [6.45, 7) is 3.09. The van der Waals surface area contributed by atoms with E-state index in [0.717, 1.165) is 6.07 Å². The summed E-state index contributed by atoms with van der Waals surface area (Å²) in [7, 11) is 0. The van der Waals surface area contributed by atoms with Crippen LogP contribution in [-0.4, -0.2) is 30.5 Å². The molecule has 1 fully saturated rings. The lowest BCUT2D eigenvalue weighted by Gasteiger charge is -2.40. The zero-order valence-electron chi connectivity index (χ0n) is 10.9. The summed E-state index contributed by atoms with van der Waals surface area (Å²) in [6, 6.07) is 3.80. The van der Waals surface area contributed by atoms with Crippen LogP contribution in [0.5, 0.6) is 0 Å². The Labute approximate surface area is 111 Å². The zero-order chi connectivity index (χ0) is 13.9. The van der Waals surface area contributed by atoms with Gasteiger partial charge in [0.1, 0.15) is 11.7 Å². The number of hydrogen-bond acceptors (Lipinski definition) is 3. The molecule has 0 radical (unpaired) electrons. The molecule has 1 saturated heterocycles. The van der Waals surface area contributed by atoms with Crippen molar-refractivity contribution in [3.8, 4) is 0 Å². The Kier molecular flexibility index (Phi) is 4.50. The van der Waals surface area contributed by atoms with Gasteiger partial charge in [0.05, 0.1) is 0 Å². The fourth-order valence-corrected chi connectivity index (χ4v) is 2.52. The van der Waals surface area contributed by atoms with Gasteiger partial charge in [-0.05, 0) is 13.0 Å². The molecule has 19 heavy (non-hydrogen) atoms. The second-order valence-electron chi connectivity index (χ2n) is 4.66. The number of rotatable bonds is 4. The van der Waals surface area contributed by atoms with Crippen LogP contribution in [0.3, 0.4) is 0 Å². The maximum Gasteiger partial charge on any atom is 0.164 e. The molecule has 1 unspecified atom stereocenters. The zero-order valence-corrected chi connectivity index (χ0v) is 10.9. The van der Waals surface area contributed by atoms with Crippen LogP contribution in [0, 0.1) is 11.6 Å². The molecule has 1 N–H and O–H groups in total. The lowest BCUT2D eigenvalue weighted by molar-refractivity contribution is -0.168. The molecule has 0 spiro atoms. The largest absolute Gasteiger partial charge is 0.385 e. The van der Waals surface area contributed by atoms with Crippen LogP contribution < -0.4 is 0 Å². The number of aliphatic hydroxyl groups is 1. The highest BCUT2D eigenvalue weighted by Gasteiger charge is 2.42. The van der Waals surface area contributed by atoms with Crippen molar-refractivity contribution in [1.29, 1.82) is 0 Å². The van der Waals surface area contributed by atoms with Gasteiger partial charge < -0.3 is 14.6 Å². The first-order valence-electron chi connectivity index (χ1n) is 6.44. The van der Waals surface area contributed by atoms with Crippen LogP contribution in [0.4, 0.5) is 8.78 Å². The molecule has 5 heteroatoms. The number of hydrogen-bond donors (Lipinski definition) is 1. The van der Waals surface area contributed by atoms with Gasteiger partial charge in [0, 0.05) is 38.2 Å². The molecule has 1 atom stereocenters. The first kappa shape index (κ1) is 14.4. The Balaban J connectivity index is 2.33. The normalized spacial score (nSPS) is 20.2. The van der Waals surface area contributed by atoms with Crippen LogP contribution in [-0.2, 0) is 9.47 Å². The van der Waals surface area contributed by atoms with E-state index in [4.69, 9.17) is 9.47 Å². The molecule has 1 aromatic rings. The summed E-state index contributed by atoms with van der Waals surface area (Å²) in [6.07, 6.45) is -0.289. The van der Waals surface area contributed by atoms with Crippen molar-refractivity contribution >= 4 is 0 Å². The van der Waals surface area contributed by atoms with Gasteiger partial charge in [-0.1, -0.05) is 12.1 Å². The molecule has 0 amide bonds.